The highest BCUT2D eigenvalue weighted by Crippen LogP contribution is 1.97. The van der Waals surface area contributed by atoms with Crippen LogP contribution in [0.1, 0.15) is 6.93 Å². The van der Waals surface area contributed by atoms with Crippen LogP contribution in [0.5, 0.6) is 0 Å². The standard InChI is InChI=1S/C8H7NO2/c10-8(11)4-3-7-2-1-5-9-6-7/h1-6H,(H,10,11)/b4-3+/i3D. The van der Waals surface area contributed by atoms with Gasteiger partial charge in [0.2, 0.25) is 0 Å². The van der Waals surface area contributed by atoms with Gasteiger partial charge in [-0.15, -0.1) is 0 Å². The normalized spacial score (nSPS) is 12.4. The van der Waals surface area contributed by atoms with Crippen LogP contribution in [0.15, 0.2) is 30.6 Å². The van der Waals surface area contributed by atoms with Crippen molar-refractivity contribution in [3.05, 3.63) is 36.2 Å². The molecular weight excluding hydrogens is 142 g/mol. The second-order valence-corrected chi connectivity index (χ2v) is 1.87. The third kappa shape index (κ3) is 2.62. The summed E-state index contributed by atoms with van der Waals surface area (Å²) in [6.07, 6.45) is 3.84. The van der Waals surface area contributed by atoms with Gasteiger partial charge in [-0.3, -0.25) is 4.98 Å². The van der Waals surface area contributed by atoms with Crippen molar-refractivity contribution >= 4 is 12.0 Å². The molecule has 0 aliphatic carbocycles. The third-order valence-corrected chi connectivity index (χ3v) is 1.02. The number of nitrogens with zero attached hydrogens (tertiary/aromatic N) is 1. The maximum Gasteiger partial charge on any atom is 0.328 e. The van der Waals surface area contributed by atoms with Crippen LogP contribution in [0, 0.1) is 0 Å². The molecule has 0 aromatic carbocycles. The molecule has 0 amide bonds. The fourth-order valence-electron chi connectivity index (χ4n) is 0.593. The fraction of sp³-hybridized carbons (Fsp3) is 0. The van der Waals surface area contributed by atoms with Crippen molar-refractivity contribution in [1.82, 2.24) is 4.98 Å². The summed E-state index contributed by atoms with van der Waals surface area (Å²) >= 11 is 0. The van der Waals surface area contributed by atoms with Gasteiger partial charge < -0.3 is 5.11 Å². The van der Waals surface area contributed by atoms with E-state index in [1.807, 2.05) is 0 Å². The SMILES string of the molecule is [2H]/C(=C\C(=O)O)c1cccnc1. The van der Waals surface area contributed by atoms with Crippen molar-refractivity contribution < 1.29 is 11.3 Å². The Balaban J connectivity index is 2.93. The summed E-state index contributed by atoms with van der Waals surface area (Å²) in [5.41, 5.74) is 0.500. The highest BCUT2D eigenvalue weighted by Gasteiger charge is 1.86. The van der Waals surface area contributed by atoms with Crippen LogP contribution in [-0.4, -0.2) is 16.1 Å². The Morgan fingerprint density at radius 2 is 2.64 bits per heavy atom. The minimum absolute atomic E-state index is 0.0457. The molecule has 0 fully saturated rings. The Morgan fingerprint density at radius 1 is 1.82 bits per heavy atom. The van der Waals surface area contributed by atoms with Crippen molar-refractivity contribution in [3.8, 4) is 0 Å². The number of carboxylic acid groups (broad SMARTS) is 1. The summed E-state index contributed by atoms with van der Waals surface area (Å²) in [5.74, 6) is -1.12. The second-order valence-electron chi connectivity index (χ2n) is 1.87. The zero-order chi connectivity index (χ0) is 8.97. The molecule has 0 radical (unpaired) electrons. The van der Waals surface area contributed by atoms with Gasteiger partial charge in [0, 0.05) is 18.5 Å². The quantitative estimate of drug-likeness (QED) is 0.644. The van der Waals surface area contributed by atoms with E-state index >= 15 is 0 Å². The molecule has 11 heavy (non-hydrogen) atoms. The summed E-state index contributed by atoms with van der Waals surface area (Å²) in [7, 11) is 0. The van der Waals surface area contributed by atoms with Gasteiger partial charge in [0.25, 0.3) is 0 Å². The number of pyridine rings is 1. The van der Waals surface area contributed by atoms with E-state index in [0.717, 1.165) is 6.08 Å². The topological polar surface area (TPSA) is 50.2 Å². The molecule has 1 aromatic heterocycles. The van der Waals surface area contributed by atoms with Crippen LogP contribution < -0.4 is 0 Å². The molecule has 0 aliphatic rings. The first-order chi connectivity index (χ1) is 5.70. The van der Waals surface area contributed by atoms with E-state index in [9.17, 15) is 4.79 Å². The fourth-order valence-corrected chi connectivity index (χ4v) is 0.593. The smallest absolute Gasteiger partial charge is 0.328 e. The van der Waals surface area contributed by atoms with Crippen molar-refractivity contribution in [1.29, 1.82) is 0 Å². The molecule has 3 nitrogen and oxygen atoms in total. The average molecular weight is 150 g/mol. The summed E-state index contributed by atoms with van der Waals surface area (Å²) in [5, 5.41) is 8.33. The third-order valence-electron chi connectivity index (χ3n) is 1.02. The molecular formula is C8H7NO2. The maximum absolute atomic E-state index is 10.2. The zero-order valence-electron chi connectivity index (χ0n) is 6.69. The van der Waals surface area contributed by atoms with Gasteiger partial charge in [0.15, 0.2) is 0 Å². The minimum Gasteiger partial charge on any atom is -0.478 e. The summed E-state index contributed by atoms with van der Waals surface area (Å²) < 4.78 is 7.28. The predicted octanol–water partition coefficient (Wildman–Crippen LogP) is 1.18. The van der Waals surface area contributed by atoms with E-state index in [1.165, 1.54) is 6.20 Å². The Hall–Kier alpha value is -1.64. The summed E-state index contributed by atoms with van der Waals surface area (Å²) in [4.78, 5) is 13.9. The van der Waals surface area contributed by atoms with Crippen molar-refractivity contribution in [2.24, 2.45) is 0 Å². The Morgan fingerprint density at radius 3 is 3.18 bits per heavy atom. The van der Waals surface area contributed by atoms with Crippen LogP contribution in [0.4, 0.5) is 0 Å². The van der Waals surface area contributed by atoms with E-state index in [0.29, 0.717) is 5.56 Å². The number of carboxylic acids is 1. The van der Waals surface area contributed by atoms with Gasteiger partial charge in [-0.2, -0.15) is 0 Å². The molecule has 0 bridgehead atoms. The van der Waals surface area contributed by atoms with Crippen LogP contribution in [0.2, 0.25) is 0 Å². The lowest BCUT2D eigenvalue weighted by Crippen LogP contribution is -1.85. The Bertz CT molecular complexity index is 308. The monoisotopic (exact) mass is 150 g/mol. The van der Waals surface area contributed by atoms with Crippen LogP contribution in [0.25, 0.3) is 6.05 Å². The highest BCUT2D eigenvalue weighted by molar-refractivity contribution is 5.85. The van der Waals surface area contributed by atoms with E-state index in [2.05, 4.69) is 4.98 Å². The Kier molecular flexibility index (Phi) is 1.94. The van der Waals surface area contributed by atoms with Gasteiger partial charge in [-0.1, -0.05) is 6.07 Å². The Labute approximate surface area is 65.4 Å². The lowest BCUT2D eigenvalue weighted by Gasteiger charge is -1.87. The maximum atomic E-state index is 10.2. The first kappa shape index (κ1) is 6.09. The number of aliphatic carboxylic acids is 1. The van der Waals surface area contributed by atoms with Crippen molar-refractivity contribution in [3.63, 3.8) is 0 Å². The van der Waals surface area contributed by atoms with E-state index in [1.54, 1.807) is 18.3 Å². The van der Waals surface area contributed by atoms with Crippen LogP contribution in [0.3, 0.4) is 0 Å². The molecule has 0 atom stereocenters. The number of hydrogen-bond donors (Lipinski definition) is 1. The molecule has 1 N–H and O–H groups in total. The molecule has 1 aromatic rings. The number of aromatic nitrogens is 1. The summed E-state index contributed by atoms with van der Waals surface area (Å²) in [6.45, 7) is 0. The van der Waals surface area contributed by atoms with Crippen molar-refractivity contribution in [2.45, 2.75) is 0 Å². The van der Waals surface area contributed by atoms with Crippen molar-refractivity contribution in [2.75, 3.05) is 0 Å². The number of carbonyl (C=O) groups is 1. The van der Waals surface area contributed by atoms with E-state index < -0.39 is 5.97 Å². The highest BCUT2D eigenvalue weighted by atomic mass is 16.4. The number of rotatable bonds is 2. The molecule has 0 unspecified atom stereocenters. The van der Waals surface area contributed by atoms with Gasteiger partial charge in [-0.05, 0) is 17.7 Å². The molecule has 56 valence electrons. The molecule has 0 aliphatic heterocycles. The van der Waals surface area contributed by atoms with Crippen LogP contribution >= 0.6 is 0 Å². The first-order valence-electron chi connectivity index (χ1n) is 3.52. The molecule has 0 saturated carbocycles. The van der Waals surface area contributed by atoms with E-state index in [4.69, 9.17) is 6.48 Å². The van der Waals surface area contributed by atoms with Gasteiger partial charge in [0.1, 0.15) is 0 Å². The zero-order valence-corrected chi connectivity index (χ0v) is 5.69. The van der Waals surface area contributed by atoms with Gasteiger partial charge in [-0.25, -0.2) is 4.79 Å². The minimum atomic E-state index is -1.12. The first-order valence-corrected chi connectivity index (χ1v) is 3.02. The summed E-state index contributed by atoms with van der Waals surface area (Å²) in [6, 6.07) is 3.24. The predicted molar refractivity (Wildman–Crippen MR) is 40.9 cm³/mol. The molecule has 0 spiro atoms. The average Bonchev–Trinajstić information content (AvgIpc) is 2.05. The number of hydrogen-bond acceptors (Lipinski definition) is 2. The van der Waals surface area contributed by atoms with Gasteiger partial charge >= 0.3 is 5.97 Å². The molecule has 3 heteroatoms. The molecule has 0 saturated heterocycles. The van der Waals surface area contributed by atoms with E-state index in [-0.39, 0.29) is 6.05 Å². The molecule has 1 heterocycles. The molecule has 1 rings (SSSR count). The lowest BCUT2D eigenvalue weighted by atomic mass is 10.3. The second kappa shape index (κ2) is 3.51. The lowest BCUT2D eigenvalue weighted by molar-refractivity contribution is -0.131. The van der Waals surface area contributed by atoms with Gasteiger partial charge in [0.05, 0.1) is 1.37 Å². The largest absolute Gasteiger partial charge is 0.478 e. The van der Waals surface area contributed by atoms with Crippen LogP contribution in [-0.2, 0) is 4.79 Å².